The number of carboxylic acids is 2. The highest BCUT2D eigenvalue weighted by Crippen LogP contribution is 2.28. The molecule has 0 aliphatic carbocycles. The van der Waals surface area contributed by atoms with Crippen molar-refractivity contribution in [2.24, 2.45) is 0 Å². The summed E-state index contributed by atoms with van der Waals surface area (Å²) in [5.74, 6) is -2.16. The van der Waals surface area contributed by atoms with Crippen LogP contribution in [0.2, 0.25) is 0 Å². The molecule has 0 aliphatic heterocycles. The van der Waals surface area contributed by atoms with Gasteiger partial charge in [0.05, 0.1) is 0 Å². The molecule has 2 aromatic rings. The number of aryl methyl sites for hydroxylation is 2. The molecule has 2 rings (SSSR count). The van der Waals surface area contributed by atoms with E-state index in [1.165, 1.54) is 16.2 Å². The summed E-state index contributed by atoms with van der Waals surface area (Å²) < 4.78 is 0. The molecule has 8 heteroatoms. The summed E-state index contributed by atoms with van der Waals surface area (Å²) in [4.78, 5) is 23.1. The van der Waals surface area contributed by atoms with Crippen LogP contribution in [0.25, 0.3) is 10.6 Å². The maximum atomic E-state index is 10.9. The average molecular weight is 321 g/mol. The molecule has 1 aromatic carbocycles. The van der Waals surface area contributed by atoms with Gasteiger partial charge in [-0.2, -0.15) is 0 Å². The highest BCUT2D eigenvalue weighted by Gasteiger charge is 2.17. The lowest BCUT2D eigenvalue weighted by molar-refractivity contribution is -0.136. The monoisotopic (exact) mass is 321 g/mol. The van der Waals surface area contributed by atoms with Crippen LogP contribution < -0.4 is 4.90 Å². The maximum Gasteiger partial charge on any atom is 0.323 e. The first-order valence-electron chi connectivity index (χ1n) is 6.46. The predicted molar refractivity (Wildman–Crippen MR) is 82.3 cm³/mol. The number of carbonyl (C=O) groups is 2. The molecule has 2 N–H and O–H groups in total. The third kappa shape index (κ3) is 3.79. The Labute approximate surface area is 130 Å². The van der Waals surface area contributed by atoms with Gasteiger partial charge in [-0.15, -0.1) is 10.2 Å². The van der Waals surface area contributed by atoms with Gasteiger partial charge >= 0.3 is 11.9 Å². The van der Waals surface area contributed by atoms with Gasteiger partial charge in [-0.25, -0.2) is 0 Å². The van der Waals surface area contributed by atoms with Crippen LogP contribution in [0.1, 0.15) is 10.6 Å². The molecule has 22 heavy (non-hydrogen) atoms. The second-order valence-electron chi connectivity index (χ2n) is 4.77. The van der Waals surface area contributed by atoms with Crippen LogP contribution >= 0.6 is 11.3 Å². The van der Waals surface area contributed by atoms with Crippen LogP contribution in [0.5, 0.6) is 0 Å². The van der Waals surface area contributed by atoms with Crippen LogP contribution in [0.15, 0.2) is 18.2 Å². The number of benzene rings is 1. The van der Waals surface area contributed by atoms with E-state index in [4.69, 9.17) is 10.2 Å². The number of rotatable bonds is 6. The summed E-state index contributed by atoms with van der Waals surface area (Å²) >= 11 is 1.46. The van der Waals surface area contributed by atoms with Gasteiger partial charge in [-0.3, -0.25) is 9.59 Å². The van der Waals surface area contributed by atoms with Gasteiger partial charge in [0.15, 0.2) is 0 Å². The van der Waals surface area contributed by atoms with Crippen molar-refractivity contribution in [2.45, 2.75) is 13.8 Å². The van der Waals surface area contributed by atoms with Gasteiger partial charge in [-0.1, -0.05) is 11.3 Å². The number of carboxylic acid groups (broad SMARTS) is 2. The Hall–Kier alpha value is -2.48. The number of nitrogens with zero attached hydrogens (tertiary/aromatic N) is 3. The number of anilines is 1. The molecule has 7 nitrogen and oxygen atoms in total. The van der Waals surface area contributed by atoms with Crippen LogP contribution in [-0.4, -0.2) is 45.4 Å². The molecule has 0 saturated carbocycles. The zero-order valence-electron chi connectivity index (χ0n) is 12.1. The highest BCUT2D eigenvalue weighted by molar-refractivity contribution is 7.14. The first kappa shape index (κ1) is 15.9. The maximum absolute atomic E-state index is 10.9. The fraction of sp³-hybridized carbons (Fsp3) is 0.286. The summed E-state index contributed by atoms with van der Waals surface area (Å²) in [5.41, 5.74) is 2.24. The van der Waals surface area contributed by atoms with Crippen molar-refractivity contribution in [3.8, 4) is 10.6 Å². The van der Waals surface area contributed by atoms with Crippen molar-refractivity contribution in [1.82, 2.24) is 10.2 Å². The molecule has 0 unspecified atom stereocenters. The van der Waals surface area contributed by atoms with E-state index in [0.29, 0.717) is 5.69 Å². The second-order valence-corrected chi connectivity index (χ2v) is 5.95. The zero-order chi connectivity index (χ0) is 16.3. The van der Waals surface area contributed by atoms with E-state index < -0.39 is 11.9 Å². The summed E-state index contributed by atoms with van der Waals surface area (Å²) in [6, 6.07) is 5.36. The van der Waals surface area contributed by atoms with Crippen molar-refractivity contribution < 1.29 is 19.8 Å². The lowest BCUT2D eigenvalue weighted by Crippen LogP contribution is -2.34. The fourth-order valence-corrected chi connectivity index (χ4v) is 2.80. The Balaban J connectivity index is 2.33. The van der Waals surface area contributed by atoms with Crippen LogP contribution in [0, 0.1) is 13.8 Å². The molecule has 0 atom stereocenters. The van der Waals surface area contributed by atoms with Gasteiger partial charge in [0.2, 0.25) is 0 Å². The SMILES string of the molecule is Cc1nnc(-c2ccc(N(CC(=O)O)CC(=O)O)c(C)c2)s1. The standard InChI is InChI=1S/C14H15N3O4S/c1-8-5-10(14-16-15-9(2)22-14)3-4-11(8)17(6-12(18)19)7-13(20)21/h3-5H,6-7H2,1-2H3,(H,18,19)(H,20,21). The molecule has 0 amide bonds. The molecule has 1 aromatic heterocycles. The Kier molecular flexibility index (Phi) is 4.71. The van der Waals surface area contributed by atoms with Crippen molar-refractivity contribution in [3.63, 3.8) is 0 Å². The summed E-state index contributed by atoms with van der Waals surface area (Å²) in [7, 11) is 0. The van der Waals surface area contributed by atoms with Gasteiger partial charge in [0.1, 0.15) is 23.1 Å². The normalized spacial score (nSPS) is 10.5. The van der Waals surface area contributed by atoms with Crippen molar-refractivity contribution in [1.29, 1.82) is 0 Å². The number of aliphatic carboxylic acids is 2. The highest BCUT2D eigenvalue weighted by atomic mass is 32.1. The molecule has 0 fully saturated rings. The second kappa shape index (κ2) is 6.52. The number of hydrogen-bond acceptors (Lipinski definition) is 6. The molecule has 116 valence electrons. The summed E-state index contributed by atoms with van der Waals surface area (Å²) in [6.07, 6.45) is 0. The van der Waals surface area contributed by atoms with E-state index >= 15 is 0 Å². The zero-order valence-corrected chi connectivity index (χ0v) is 12.9. The number of aromatic nitrogens is 2. The minimum Gasteiger partial charge on any atom is -0.480 e. The van der Waals surface area contributed by atoms with Crippen molar-refractivity contribution in [2.75, 3.05) is 18.0 Å². The van der Waals surface area contributed by atoms with Gasteiger partial charge in [0.25, 0.3) is 0 Å². The first-order valence-corrected chi connectivity index (χ1v) is 7.28. The van der Waals surface area contributed by atoms with Gasteiger partial charge < -0.3 is 15.1 Å². The minimum absolute atomic E-state index is 0.371. The van der Waals surface area contributed by atoms with Gasteiger partial charge in [0, 0.05) is 11.3 Å². The van der Waals surface area contributed by atoms with E-state index in [2.05, 4.69) is 10.2 Å². The van der Waals surface area contributed by atoms with Crippen LogP contribution in [0.3, 0.4) is 0 Å². The Morgan fingerprint density at radius 1 is 1.14 bits per heavy atom. The Bertz CT molecular complexity index is 698. The molecule has 0 aliphatic rings. The van der Waals surface area contributed by atoms with Crippen LogP contribution in [-0.2, 0) is 9.59 Å². The van der Waals surface area contributed by atoms with Crippen LogP contribution in [0.4, 0.5) is 5.69 Å². The predicted octanol–water partition coefficient (Wildman–Crippen LogP) is 1.80. The van der Waals surface area contributed by atoms with E-state index in [1.807, 2.05) is 19.9 Å². The molecule has 0 radical (unpaired) electrons. The number of hydrogen-bond donors (Lipinski definition) is 2. The largest absolute Gasteiger partial charge is 0.480 e. The quantitative estimate of drug-likeness (QED) is 0.836. The van der Waals surface area contributed by atoms with Crippen molar-refractivity contribution >= 4 is 29.0 Å². The summed E-state index contributed by atoms with van der Waals surface area (Å²) in [6.45, 7) is 2.93. The van der Waals surface area contributed by atoms with Crippen molar-refractivity contribution in [3.05, 3.63) is 28.8 Å². The molecule has 0 bridgehead atoms. The Morgan fingerprint density at radius 2 is 1.77 bits per heavy atom. The average Bonchev–Trinajstić information content (AvgIpc) is 2.83. The lowest BCUT2D eigenvalue weighted by atomic mass is 10.1. The Morgan fingerprint density at radius 3 is 2.23 bits per heavy atom. The van der Waals surface area contributed by atoms with E-state index in [0.717, 1.165) is 21.1 Å². The lowest BCUT2D eigenvalue weighted by Gasteiger charge is -2.23. The third-order valence-corrected chi connectivity index (χ3v) is 3.85. The summed E-state index contributed by atoms with van der Waals surface area (Å²) in [5, 5.41) is 27.5. The molecule has 0 spiro atoms. The molecule has 1 heterocycles. The minimum atomic E-state index is -1.08. The topological polar surface area (TPSA) is 104 Å². The molecular weight excluding hydrogens is 306 g/mol. The van der Waals surface area contributed by atoms with E-state index in [9.17, 15) is 9.59 Å². The van der Waals surface area contributed by atoms with E-state index in [1.54, 1.807) is 12.1 Å². The fourth-order valence-electron chi connectivity index (χ4n) is 2.11. The molecular formula is C14H15N3O4S. The van der Waals surface area contributed by atoms with Gasteiger partial charge in [-0.05, 0) is 37.6 Å². The smallest absolute Gasteiger partial charge is 0.323 e. The third-order valence-electron chi connectivity index (χ3n) is 2.96. The molecule has 0 saturated heterocycles. The first-order chi connectivity index (χ1) is 10.4. The van der Waals surface area contributed by atoms with E-state index in [-0.39, 0.29) is 13.1 Å².